The van der Waals surface area contributed by atoms with Gasteiger partial charge in [-0.3, -0.25) is 38.1 Å². The van der Waals surface area contributed by atoms with Crippen molar-refractivity contribution in [3.05, 3.63) is 35.4 Å². The van der Waals surface area contributed by atoms with Gasteiger partial charge in [-0.05, 0) is 72.1 Å². The number of thiol groups is 1. The van der Waals surface area contributed by atoms with Gasteiger partial charge in [-0.15, -0.1) is 22.8 Å². The number of allylic oxidation sites excluding steroid dienone is 1. The summed E-state index contributed by atoms with van der Waals surface area (Å²) < 4.78 is 8.74. The molecule has 0 radical (unpaired) electrons. The monoisotopic (exact) mass is 988 g/mol. The summed E-state index contributed by atoms with van der Waals surface area (Å²) in [6.07, 6.45) is 21.5. The maximum Gasteiger partial charge on any atom is 0.407 e. The number of aryl methyl sites for hydroxylation is 4. The van der Waals surface area contributed by atoms with Gasteiger partial charge in [0.1, 0.15) is 5.60 Å². The van der Waals surface area contributed by atoms with Crippen LogP contribution < -0.4 is 26.6 Å². The topological polar surface area (TPSA) is 250 Å². The number of alkyl carbamates (subject to hydrolysis) is 1. The molecule has 0 fully saturated rings. The Labute approximate surface area is 411 Å². The van der Waals surface area contributed by atoms with E-state index in [1.54, 1.807) is 42.5 Å². The number of amides is 5. The van der Waals surface area contributed by atoms with Crippen molar-refractivity contribution in [3.63, 3.8) is 0 Å². The number of carbonyl (C=O) groups excluding carboxylic acids is 7. The van der Waals surface area contributed by atoms with Crippen molar-refractivity contribution < 1.29 is 38.3 Å². The van der Waals surface area contributed by atoms with E-state index in [2.05, 4.69) is 65.9 Å². The normalized spacial score (nSPS) is 14.8. The zero-order chi connectivity index (χ0) is 49.4. The lowest BCUT2D eigenvalue weighted by atomic mass is 10.0. The van der Waals surface area contributed by atoms with Crippen LogP contribution in [0.1, 0.15) is 161 Å². The molecular weight excluding hydrogens is 911 g/mol. The minimum absolute atomic E-state index is 0.0963. The number of hydrogen-bond acceptors (Lipinski definition) is 13. The Morgan fingerprint density at radius 2 is 1.15 bits per heavy atom. The van der Waals surface area contributed by atoms with E-state index in [1.165, 1.54) is 68.7 Å². The van der Waals surface area contributed by atoms with Crippen molar-refractivity contribution >= 4 is 64.3 Å². The summed E-state index contributed by atoms with van der Waals surface area (Å²) in [6, 6.07) is -0.480. The summed E-state index contributed by atoms with van der Waals surface area (Å²) in [7, 11) is 0. The molecule has 68 heavy (non-hydrogen) atoms. The van der Waals surface area contributed by atoms with E-state index in [0.29, 0.717) is 89.1 Å². The first-order valence-electron chi connectivity index (χ1n) is 24.5. The summed E-state index contributed by atoms with van der Waals surface area (Å²) in [5, 5.41) is 30.4. The van der Waals surface area contributed by atoms with Crippen LogP contribution in [0.2, 0.25) is 0 Å². The maximum absolute atomic E-state index is 12.8. The molecule has 0 aromatic carbocycles. The highest BCUT2D eigenvalue weighted by Gasteiger charge is 2.21. The zero-order valence-electron chi connectivity index (χ0n) is 40.6. The van der Waals surface area contributed by atoms with Gasteiger partial charge in [-0.2, -0.15) is 0 Å². The Kier molecular flexibility index (Phi) is 28.5. The number of aromatic nitrogens is 6. The molecule has 1 aliphatic carbocycles. The quantitative estimate of drug-likeness (QED) is 0.0337. The van der Waals surface area contributed by atoms with Crippen molar-refractivity contribution in [2.24, 2.45) is 0 Å². The molecule has 0 bridgehead atoms. The first kappa shape index (κ1) is 57.5. The van der Waals surface area contributed by atoms with Crippen LogP contribution in [0.15, 0.2) is 24.0 Å². The smallest absolute Gasteiger partial charge is 0.407 e. The van der Waals surface area contributed by atoms with Crippen LogP contribution in [0.4, 0.5) is 4.79 Å². The molecule has 1 aliphatic rings. The van der Waals surface area contributed by atoms with Crippen molar-refractivity contribution in [3.8, 4) is 0 Å². The number of rotatable bonds is 29. The number of thioether (sulfide) groups is 1. The lowest BCUT2D eigenvalue weighted by Gasteiger charge is -2.23. The van der Waals surface area contributed by atoms with Crippen LogP contribution in [-0.2, 0) is 59.4 Å². The summed E-state index contributed by atoms with van der Waals surface area (Å²) in [5.41, 5.74) is 2.00. The van der Waals surface area contributed by atoms with Crippen LogP contribution >= 0.6 is 24.4 Å². The summed E-state index contributed by atoms with van der Waals surface area (Å²) in [6.45, 7) is 7.63. The van der Waals surface area contributed by atoms with Crippen molar-refractivity contribution in [1.82, 2.24) is 56.6 Å². The zero-order valence-corrected chi connectivity index (χ0v) is 42.3. The van der Waals surface area contributed by atoms with Crippen molar-refractivity contribution in [2.75, 3.05) is 31.9 Å². The second kappa shape index (κ2) is 33.7. The van der Waals surface area contributed by atoms with Gasteiger partial charge in [0.05, 0.1) is 11.4 Å². The minimum atomic E-state index is -0.719. The molecule has 2 heterocycles. The fraction of sp³-hybridized carbons (Fsp3) is 0.723. The molecule has 21 heteroatoms. The fourth-order valence-corrected chi connectivity index (χ4v) is 8.19. The minimum Gasteiger partial charge on any atom is -0.444 e. The molecular formula is C47H77N11O8S2. The van der Waals surface area contributed by atoms with Crippen LogP contribution in [0.5, 0.6) is 0 Å². The number of nitrogens with one attached hydrogen (secondary N) is 5. The molecule has 5 amide bonds. The molecule has 2 aromatic heterocycles. The highest BCUT2D eigenvalue weighted by atomic mass is 32.2. The SMILES string of the molecule is CC(C)(C)OC(=O)NC(CCC(=O)NCCCn1cc(CCC(=O)NCCC(=O)S)nn1)CCC(=O)NCCCn1cc(CCC(=O)NCCC(=O)SC/C2=C/CCCCCCCCCC2)nn1. The van der Waals surface area contributed by atoms with E-state index < -0.39 is 17.7 Å². The van der Waals surface area contributed by atoms with E-state index in [4.69, 9.17) is 4.74 Å². The third-order valence-electron chi connectivity index (χ3n) is 10.9. The maximum atomic E-state index is 12.8. The molecule has 19 nitrogen and oxygen atoms in total. The van der Waals surface area contributed by atoms with Gasteiger partial charge in [0.2, 0.25) is 23.6 Å². The van der Waals surface area contributed by atoms with Crippen LogP contribution in [0.25, 0.3) is 0 Å². The Hall–Kier alpha value is -4.79. The number of nitrogens with zero attached hydrogens (tertiary/aromatic N) is 6. The Morgan fingerprint density at radius 3 is 1.68 bits per heavy atom. The first-order valence-corrected chi connectivity index (χ1v) is 26.0. The van der Waals surface area contributed by atoms with Crippen LogP contribution in [0.3, 0.4) is 0 Å². The second-order valence-electron chi connectivity index (χ2n) is 18.3. The average Bonchev–Trinajstić information content (AvgIpc) is 3.94. The Balaban J connectivity index is 1.28. The van der Waals surface area contributed by atoms with Crippen molar-refractivity contribution in [2.45, 2.75) is 187 Å². The Morgan fingerprint density at radius 1 is 0.662 bits per heavy atom. The molecule has 1 unspecified atom stereocenters. The molecule has 0 saturated carbocycles. The molecule has 2 aromatic rings. The first-order chi connectivity index (χ1) is 32.6. The van der Waals surface area contributed by atoms with E-state index in [1.807, 2.05) is 0 Å². The molecule has 0 saturated heterocycles. The predicted octanol–water partition coefficient (Wildman–Crippen LogP) is 5.47. The fourth-order valence-electron chi connectivity index (χ4n) is 7.23. The van der Waals surface area contributed by atoms with Crippen LogP contribution in [-0.4, -0.2) is 114 Å². The van der Waals surface area contributed by atoms with E-state index in [9.17, 15) is 33.6 Å². The summed E-state index contributed by atoms with van der Waals surface area (Å²) in [5.74, 6) is 0.0242. The molecule has 0 spiro atoms. The van der Waals surface area contributed by atoms with E-state index >= 15 is 0 Å². The van der Waals surface area contributed by atoms with Gasteiger partial charge in [0.25, 0.3) is 0 Å². The second-order valence-corrected chi connectivity index (χ2v) is 19.8. The van der Waals surface area contributed by atoms with Gasteiger partial charge >= 0.3 is 6.09 Å². The predicted molar refractivity (Wildman–Crippen MR) is 265 cm³/mol. The highest BCUT2D eigenvalue weighted by molar-refractivity contribution is 8.13. The summed E-state index contributed by atoms with van der Waals surface area (Å²) in [4.78, 5) is 86.0. The third-order valence-corrected chi connectivity index (χ3v) is 12.2. The standard InChI is InChI=1S/C47H77N11O8S2/c1-47(2,3)66-46(65)52-37(17-21-40(59)48-27-13-31-57-33-38(53-55-57)19-23-42(61)50-29-25-44(63)67)18-22-41(60)49-28-14-32-58-34-39(54-56-58)20-24-43(62)51-30-26-45(64)68-35-36-15-11-9-7-5-4-6-8-10-12-16-36/h15,33-34,37H,4-14,16-32,35H2,1-3H3,(H,48,59)(H,49,60)(H,50,61)(H,51,62)(H,52,65)(H,63,67)/b36-15+. The van der Waals surface area contributed by atoms with E-state index in [-0.39, 0.29) is 72.5 Å². The van der Waals surface area contributed by atoms with Gasteiger partial charge in [0, 0.05) is 115 Å². The average molecular weight is 988 g/mol. The Bertz CT molecular complexity index is 1900. The van der Waals surface area contributed by atoms with Gasteiger partial charge in [-0.1, -0.05) is 72.4 Å². The molecule has 5 N–H and O–H groups in total. The van der Waals surface area contributed by atoms with Crippen LogP contribution in [0, 0.1) is 0 Å². The molecule has 0 aliphatic heterocycles. The summed E-state index contributed by atoms with van der Waals surface area (Å²) >= 11 is 5.04. The third kappa shape index (κ3) is 29.2. The number of carbonyl (C=O) groups is 7. The van der Waals surface area contributed by atoms with Gasteiger partial charge in [0.15, 0.2) is 10.2 Å². The molecule has 1 atom stereocenters. The highest BCUT2D eigenvalue weighted by Crippen LogP contribution is 2.21. The van der Waals surface area contributed by atoms with E-state index in [0.717, 1.165) is 18.6 Å². The van der Waals surface area contributed by atoms with Gasteiger partial charge in [-0.25, -0.2) is 4.79 Å². The largest absolute Gasteiger partial charge is 0.444 e. The number of ether oxygens (including phenoxy) is 1. The molecule has 380 valence electrons. The van der Waals surface area contributed by atoms with Gasteiger partial charge < -0.3 is 31.3 Å². The van der Waals surface area contributed by atoms with Crippen molar-refractivity contribution in [1.29, 1.82) is 0 Å². The lowest BCUT2D eigenvalue weighted by molar-refractivity contribution is -0.122. The number of hydrogen-bond donors (Lipinski definition) is 6. The lowest BCUT2D eigenvalue weighted by Crippen LogP contribution is -2.40. The molecule has 3 rings (SSSR count).